The molecule has 2 atom stereocenters. The largest absolute Gasteiger partial charge is 0.396 e. The highest BCUT2D eigenvalue weighted by atomic mass is 79.9. The van der Waals surface area contributed by atoms with Gasteiger partial charge in [0.05, 0.1) is 8.66 Å². The number of carbonyl (C=O) groups is 1. The number of aliphatic hydroxyl groups excluding tert-OH is 1. The zero-order chi connectivity index (χ0) is 13.1. The van der Waals surface area contributed by atoms with Crippen molar-refractivity contribution in [2.24, 2.45) is 5.92 Å². The maximum atomic E-state index is 12.1. The van der Waals surface area contributed by atoms with Crippen molar-refractivity contribution in [2.75, 3.05) is 6.61 Å². The van der Waals surface area contributed by atoms with Gasteiger partial charge in [0, 0.05) is 18.6 Å². The molecule has 2 unspecified atom stereocenters. The van der Waals surface area contributed by atoms with Crippen molar-refractivity contribution >= 4 is 33.2 Å². The molecule has 1 heterocycles. The van der Waals surface area contributed by atoms with Crippen LogP contribution in [0.15, 0.2) is 9.85 Å². The number of nitrogens with one attached hydrogen (secondary N) is 1. The Labute approximate surface area is 120 Å². The predicted octanol–water partition coefficient (Wildman–Crippen LogP) is 3.10. The summed E-state index contributed by atoms with van der Waals surface area (Å²) in [6.07, 6.45) is 4.27. The van der Waals surface area contributed by atoms with Crippen LogP contribution in [0.5, 0.6) is 0 Å². The van der Waals surface area contributed by atoms with Crippen molar-refractivity contribution in [1.82, 2.24) is 5.32 Å². The van der Waals surface area contributed by atoms with Crippen LogP contribution in [0.3, 0.4) is 0 Å². The third kappa shape index (κ3) is 3.13. The fourth-order valence-corrected chi connectivity index (χ4v) is 3.87. The molecule has 100 valence electrons. The van der Waals surface area contributed by atoms with Crippen LogP contribution in [-0.4, -0.2) is 23.7 Å². The number of amides is 1. The van der Waals surface area contributed by atoms with Crippen molar-refractivity contribution in [2.45, 2.75) is 38.6 Å². The van der Waals surface area contributed by atoms with Crippen LogP contribution < -0.4 is 5.32 Å². The maximum absolute atomic E-state index is 12.1. The molecule has 1 aromatic heterocycles. The molecule has 1 aliphatic carbocycles. The average molecular weight is 332 g/mol. The van der Waals surface area contributed by atoms with Crippen molar-refractivity contribution in [1.29, 1.82) is 0 Å². The Bertz CT molecular complexity index is 413. The topological polar surface area (TPSA) is 49.3 Å². The van der Waals surface area contributed by atoms with E-state index in [-0.39, 0.29) is 24.5 Å². The van der Waals surface area contributed by atoms with Gasteiger partial charge in [0.1, 0.15) is 0 Å². The lowest BCUT2D eigenvalue weighted by Gasteiger charge is -2.30. The normalized spacial score (nSPS) is 23.9. The minimum atomic E-state index is -0.0147. The highest BCUT2D eigenvalue weighted by molar-refractivity contribution is 9.11. The second-order valence-corrected chi connectivity index (χ2v) is 7.24. The molecule has 1 amide bonds. The summed E-state index contributed by atoms with van der Waals surface area (Å²) in [7, 11) is 0. The Morgan fingerprint density at radius 3 is 2.89 bits per heavy atom. The number of halogens is 1. The van der Waals surface area contributed by atoms with Crippen molar-refractivity contribution < 1.29 is 9.90 Å². The molecule has 1 saturated carbocycles. The van der Waals surface area contributed by atoms with Gasteiger partial charge in [-0.1, -0.05) is 12.8 Å². The van der Waals surface area contributed by atoms with Crippen LogP contribution in [0, 0.1) is 12.8 Å². The molecule has 0 spiro atoms. The molecular weight excluding hydrogens is 314 g/mol. The molecule has 1 fully saturated rings. The quantitative estimate of drug-likeness (QED) is 0.894. The van der Waals surface area contributed by atoms with Gasteiger partial charge in [0.2, 0.25) is 0 Å². The number of carbonyl (C=O) groups excluding carboxylic acids is 1. The third-order valence-corrected chi connectivity index (χ3v) is 5.68. The summed E-state index contributed by atoms with van der Waals surface area (Å²) >= 11 is 4.90. The van der Waals surface area contributed by atoms with Crippen LogP contribution in [0.2, 0.25) is 0 Å². The van der Waals surface area contributed by atoms with E-state index in [2.05, 4.69) is 21.2 Å². The molecular formula is C13H18BrNO2S. The molecule has 1 aliphatic rings. The van der Waals surface area contributed by atoms with Crippen molar-refractivity contribution in [3.05, 3.63) is 20.3 Å². The standard InChI is InChI=1S/C13H18BrNO2S/c1-8-6-11(18-12(8)14)13(17)15-10-5-3-2-4-9(10)7-16/h6,9-10,16H,2-5,7H2,1H3,(H,15,17). The zero-order valence-corrected chi connectivity index (χ0v) is 12.8. The van der Waals surface area contributed by atoms with Crippen LogP contribution in [0.4, 0.5) is 0 Å². The monoisotopic (exact) mass is 331 g/mol. The second kappa shape index (κ2) is 6.17. The molecule has 0 aromatic carbocycles. The van der Waals surface area contributed by atoms with Crippen LogP contribution >= 0.6 is 27.3 Å². The first-order chi connectivity index (χ1) is 8.61. The predicted molar refractivity (Wildman–Crippen MR) is 77.1 cm³/mol. The SMILES string of the molecule is Cc1cc(C(=O)NC2CCCCC2CO)sc1Br. The Kier molecular flexibility index (Phi) is 4.81. The summed E-state index contributed by atoms with van der Waals surface area (Å²) in [5.74, 6) is 0.200. The van der Waals surface area contributed by atoms with E-state index in [0.29, 0.717) is 0 Å². The number of thiophene rings is 1. The van der Waals surface area contributed by atoms with E-state index in [1.54, 1.807) is 0 Å². The summed E-state index contributed by atoms with van der Waals surface area (Å²) in [6.45, 7) is 2.15. The van der Waals surface area contributed by atoms with Crippen molar-refractivity contribution in [3.8, 4) is 0 Å². The van der Waals surface area contributed by atoms with Crippen LogP contribution in [0.25, 0.3) is 0 Å². The van der Waals surface area contributed by atoms with E-state index < -0.39 is 0 Å². The first-order valence-corrected chi connectivity index (χ1v) is 7.90. The van der Waals surface area contributed by atoms with Gasteiger partial charge in [-0.05, 0) is 47.3 Å². The number of rotatable bonds is 3. The number of hydrogen-bond donors (Lipinski definition) is 2. The third-order valence-electron chi connectivity index (χ3n) is 3.54. The Morgan fingerprint density at radius 1 is 1.56 bits per heavy atom. The Hall–Kier alpha value is -0.390. The summed E-state index contributed by atoms with van der Waals surface area (Å²) in [5, 5.41) is 12.4. The van der Waals surface area contributed by atoms with Crippen molar-refractivity contribution in [3.63, 3.8) is 0 Å². The van der Waals surface area contributed by atoms with E-state index in [0.717, 1.165) is 39.9 Å². The molecule has 18 heavy (non-hydrogen) atoms. The van der Waals surface area contributed by atoms with E-state index in [9.17, 15) is 9.90 Å². The fraction of sp³-hybridized carbons (Fsp3) is 0.615. The van der Waals surface area contributed by atoms with E-state index in [4.69, 9.17) is 0 Å². The Balaban J connectivity index is 2.01. The Morgan fingerprint density at radius 2 is 2.28 bits per heavy atom. The van der Waals surface area contributed by atoms with Gasteiger partial charge in [-0.25, -0.2) is 0 Å². The number of hydrogen-bond acceptors (Lipinski definition) is 3. The van der Waals surface area contributed by atoms with Gasteiger partial charge < -0.3 is 10.4 Å². The first kappa shape index (κ1) is 14.0. The lowest BCUT2D eigenvalue weighted by atomic mass is 9.85. The fourth-order valence-electron chi connectivity index (χ4n) is 2.43. The van der Waals surface area contributed by atoms with Gasteiger partial charge in [-0.3, -0.25) is 4.79 Å². The van der Waals surface area contributed by atoms with Gasteiger partial charge in [0.15, 0.2) is 0 Å². The summed E-state index contributed by atoms with van der Waals surface area (Å²) in [4.78, 5) is 12.9. The second-order valence-electron chi connectivity index (χ2n) is 4.87. The minimum Gasteiger partial charge on any atom is -0.396 e. The highest BCUT2D eigenvalue weighted by Crippen LogP contribution is 2.28. The summed E-state index contributed by atoms with van der Waals surface area (Å²) < 4.78 is 1.01. The van der Waals surface area contributed by atoms with E-state index in [1.807, 2.05) is 13.0 Å². The van der Waals surface area contributed by atoms with Gasteiger partial charge in [-0.15, -0.1) is 11.3 Å². The molecule has 2 rings (SSSR count). The minimum absolute atomic E-state index is 0.0147. The first-order valence-electron chi connectivity index (χ1n) is 6.29. The smallest absolute Gasteiger partial charge is 0.261 e. The molecule has 0 saturated heterocycles. The number of aryl methyl sites for hydroxylation is 1. The lowest BCUT2D eigenvalue weighted by Crippen LogP contribution is -2.43. The van der Waals surface area contributed by atoms with Gasteiger partial charge in [-0.2, -0.15) is 0 Å². The molecule has 0 radical (unpaired) electrons. The molecule has 1 aromatic rings. The van der Waals surface area contributed by atoms with Crippen LogP contribution in [0.1, 0.15) is 40.9 Å². The molecule has 0 bridgehead atoms. The molecule has 5 heteroatoms. The molecule has 2 N–H and O–H groups in total. The summed E-state index contributed by atoms with van der Waals surface area (Å²) in [5.41, 5.74) is 1.09. The highest BCUT2D eigenvalue weighted by Gasteiger charge is 2.26. The van der Waals surface area contributed by atoms with Gasteiger partial charge in [0.25, 0.3) is 5.91 Å². The zero-order valence-electron chi connectivity index (χ0n) is 10.4. The lowest BCUT2D eigenvalue weighted by molar-refractivity contribution is 0.0876. The van der Waals surface area contributed by atoms with E-state index >= 15 is 0 Å². The molecule has 0 aliphatic heterocycles. The van der Waals surface area contributed by atoms with Crippen LogP contribution in [-0.2, 0) is 0 Å². The maximum Gasteiger partial charge on any atom is 0.261 e. The average Bonchev–Trinajstić information content (AvgIpc) is 2.70. The van der Waals surface area contributed by atoms with E-state index in [1.165, 1.54) is 11.3 Å². The van der Waals surface area contributed by atoms with Gasteiger partial charge >= 0.3 is 0 Å². The number of aliphatic hydroxyl groups is 1. The molecule has 3 nitrogen and oxygen atoms in total. The summed E-state index contributed by atoms with van der Waals surface area (Å²) in [6, 6.07) is 2.03.